The first-order chi connectivity index (χ1) is 12.2. The van der Waals surface area contributed by atoms with E-state index in [0.717, 1.165) is 23.4 Å². The molecule has 0 bridgehead atoms. The van der Waals surface area contributed by atoms with Gasteiger partial charge in [0.1, 0.15) is 6.61 Å². The Morgan fingerprint density at radius 3 is 2.80 bits per heavy atom. The van der Waals surface area contributed by atoms with E-state index in [9.17, 15) is 9.18 Å². The van der Waals surface area contributed by atoms with Crippen molar-refractivity contribution < 1.29 is 13.9 Å². The molecule has 0 spiro atoms. The van der Waals surface area contributed by atoms with E-state index in [0.29, 0.717) is 13.0 Å². The monoisotopic (exact) mass is 358 g/mol. The summed E-state index contributed by atoms with van der Waals surface area (Å²) in [6, 6.07) is 14.2. The number of rotatable bonds is 8. The fourth-order valence-corrected chi connectivity index (χ4v) is 3.44. The van der Waals surface area contributed by atoms with Gasteiger partial charge in [0.15, 0.2) is 11.6 Å². The molecule has 3 rings (SSSR count). The fraction of sp³-hybridized carbons (Fsp3) is 0.263. The van der Waals surface area contributed by atoms with Crippen molar-refractivity contribution >= 4 is 27.5 Å². The standard InChI is InChI=1S/C19H19FN2O2S/c20-14-6-1-3-8-16(14)24-13-12-21-18(23)10-5-11-19-22-15-7-2-4-9-17(15)25-19/h1-4,6-9H,5,10-13H2,(H,21,23). The summed E-state index contributed by atoms with van der Waals surface area (Å²) < 4.78 is 19.8. The second-order valence-corrected chi connectivity index (χ2v) is 6.67. The van der Waals surface area contributed by atoms with E-state index in [2.05, 4.69) is 16.4 Å². The molecular weight excluding hydrogens is 339 g/mol. The van der Waals surface area contributed by atoms with Gasteiger partial charge in [-0.2, -0.15) is 0 Å². The SMILES string of the molecule is O=C(CCCc1nc2ccccc2s1)NCCOc1ccccc1F. The zero-order valence-corrected chi connectivity index (χ0v) is 14.5. The first-order valence-electron chi connectivity index (χ1n) is 8.21. The summed E-state index contributed by atoms with van der Waals surface area (Å²) in [6.07, 6.45) is 1.98. The molecule has 0 aliphatic rings. The highest BCUT2D eigenvalue weighted by molar-refractivity contribution is 7.18. The number of benzene rings is 2. The van der Waals surface area contributed by atoms with Crippen molar-refractivity contribution in [2.45, 2.75) is 19.3 Å². The molecule has 0 aliphatic heterocycles. The lowest BCUT2D eigenvalue weighted by Gasteiger charge is -2.08. The molecule has 1 aromatic heterocycles. The van der Waals surface area contributed by atoms with E-state index in [4.69, 9.17) is 4.74 Å². The number of amides is 1. The van der Waals surface area contributed by atoms with Crippen molar-refractivity contribution in [3.8, 4) is 5.75 Å². The van der Waals surface area contributed by atoms with Gasteiger partial charge >= 0.3 is 0 Å². The molecule has 0 aliphatic carbocycles. The number of nitrogens with one attached hydrogen (secondary N) is 1. The van der Waals surface area contributed by atoms with Crippen molar-refractivity contribution in [2.24, 2.45) is 0 Å². The van der Waals surface area contributed by atoms with Gasteiger partial charge in [-0.1, -0.05) is 24.3 Å². The Kier molecular flexibility index (Phi) is 5.95. The van der Waals surface area contributed by atoms with E-state index < -0.39 is 5.82 Å². The number of carbonyl (C=O) groups excluding carboxylic acids is 1. The van der Waals surface area contributed by atoms with Gasteiger partial charge in [0.05, 0.1) is 21.8 Å². The Labute approximate surface area is 149 Å². The number of halogens is 1. The van der Waals surface area contributed by atoms with Crippen LogP contribution in [0, 0.1) is 5.82 Å². The first-order valence-corrected chi connectivity index (χ1v) is 9.02. The summed E-state index contributed by atoms with van der Waals surface area (Å²) >= 11 is 1.67. The van der Waals surface area contributed by atoms with Crippen LogP contribution in [0.3, 0.4) is 0 Å². The molecule has 3 aromatic rings. The molecule has 0 atom stereocenters. The Balaban J connectivity index is 1.33. The maximum atomic E-state index is 13.4. The van der Waals surface area contributed by atoms with E-state index in [1.54, 1.807) is 29.5 Å². The van der Waals surface area contributed by atoms with Gasteiger partial charge in [0, 0.05) is 6.42 Å². The number of aromatic nitrogens is 1. The van der Waals surface area contributed by atoms with Crippen LogP contribution in [0.4, 0.5) is 4.39 Å². The van der Waals surface area contributed by atoms with Crippen LogP contribution in [0.15, 0.2) is 48.5 Å². The molecule has 4 nitrogen and oxygen atoms in total. The lowest BCUT2D eigenvalue weighted by atomic mass is 10.2. The number of nitrogens with zero attached hydrogens (tertiary/aromatic N) is 1. The lowest BCUT2D eigenvalue weighted by Crippen LogP contribution is -2.28. The van der Waals surface area contributed by atoms with Crippen molar-refractivity contribution in [3.05, 3.63) is 59.4 Å². The van der Waals surface area contributed by atoms with Crippen molar-refractivity contribution in [1.29, 1.82) is 0 Å². The third-order valence-electron chi connectivity index (χ3n) is 3.65. The fourth-order valence-electron chi connectivity index (χ4n) is 2.43. The Hall–Kier alpha value is -2.47. The average molecular weight is 358 g/mol. The highest BCUT2D eigenvalue weighted by Gasteiger charge is 2.06. The summed E-state index contributed by atoms with van der Waals surface area (Å²) in [6.45, 7) is 0.596. The summed E-state index contributed by atoms with van der Waals surface area (Å²) in [7, 11) is 0. The highest BCUT2D eigenvalue weighted by Crippen LogP contribution is 2.22. The minimum Gasteiger partial charge on any atom is -0.489 e. The summed E-state index contributed by atoms with van der Waals surface area (Å²) in [5.74, 6) is -0.226. The molecule has 130 valence electrons. The Bertz CT molecular complexity index is 817. The van der Waals surface area contributed by atoms with Crippen LogP contribution in [0.2, 0.25) is 0 Å². The quantitative estimate of drug-likeness (QED) is 0.620. The molecule has 25 heavy (non-hydrogen) atoms. The second kappa shape index (κ2) is 8.58. The molecule has 0 saturated carbocycles. The molecule has 2 aromatic carbocycles. The van der Waals surface area contributed by atoms with Gasteiger partial charge in [-0.15, -0.1) is 11.3 Å². The summed E-state index contributed by atoms with van der Waals surface area (Å²) in [4.78, 5) is 16.4. The van der Waals surface area contributed by atoms with E-state index >= 15 is 0 Å². The Morgan fingerprint density at radius 1 is 1.16 bits per heavy atom. The third kappa shape index (κ3) is 5.00. The topological polar surface area (TPSA) is 51.2 Å². The maximum Gasteiger partial charge on any atom is 0.220 e. The van der Waals surface area contributed by atoms with E-state index in [-0.39, 0.29) is 18.3 Å². The summed E-state index contributed by atoms with van der Waals surface area (Å²) in [5, 5.41) is 3.83. The zero-order chi connectivity index (χ0) is 17.5. The highest BCUT2D eigenvalue weighted by atomic mass is 32.1. The van der Waals surface area contributed by atoms with Crippen LogP contribution in [-0.2, 0) is 11.2 Å². The third-order valence-corrected chi connectivity index (χ3v) is 4.75. The van der Waals surface area contributed by atoms with Crippen molar-refractivity contribution in [1.82, 2.24) is 10.3 Å². The molecule has 0 radical (unpaired) electrons. The number of thiazole rings is 1. The van der Waals surface area contributed by atoms with Crippen LogP contribution in [0.5, 0.6) is 5.75 Å². The maximum absolute atomic E-state index is 13.4. The van der Waals surface area contributed by atoms with Gasteiger partial charge in [0.2, 0.25) is 5.91 Å². The molecular formula is C19H19FN2O2S. The van der Waals surface area contributed by atoms with Crippen LogP contribution in [0.25, 0.3) is 10.2 Å². The summed E-state index contributed by atoms with van der Waals surface area (Å²) in [5.41, 5.74) is 1.01. The number of carbonyl (C=O) groups is 1. The molecule has 6 heteroatoms. The lowest BCUT2D eigenvalue weighted by molar-refractivity contribution is -0.121. The minimum absolute atomic E-state index is 0.0294. The van der Waals surface area contributed by atoms with E-state index in [1.165, 1.54) is 10.8 Å². The number of hydrogen-bond donors (Lipinski definition) is 1. The number of ether oxygens (including phenoxy) is 1. The molecule has 1 N–H and O–H groups in total. The van der Waals surface area contributed by atoms with Gasteiger partial charge in [-0.25, -0.2) is 9.37 Å². The average Bonchev–Trinajstić information content (AvgIpc) is 3.03. The smallest absolute Gasteiger partial charge is 0.220 e. The van der Waals surface area contributed by atoms with Crippen LogP contribution >= 0.6 is 11.3 Å². The van der Waals surface area contributed by atoms with Crippen LogP contribution < -0.4 is 10.1 Å². The normalized spacial score (nSPS) is 10.8. The second-order valence-electron chi connectivity index (χ2n) is 5.56. The number of hydrogen-bond acceptors (Lipinski definition) is 4. The van der Waals surface area contributed by atoms with Gasteiger partial charge < -0.3 is 10.1 Å². The molecule has 0 fully saturated rings. The van der Waals surface area contributed by atoms with Gasteiger partial charge in [0.25, 0.3) is 0 Å². The van der Waals surface area contributed by atoms with E-state index in [1.807, 2.05) is 18.2 Å². The van der Waals surface area contributed by atoms with Crippen molar-refractivity contribution in [2.75, 3.05) is 13.2 Å². The largest absolute Gasteiger partial charge is 0.489 e. The number of fused-ring (bicyclic) bond motifs is 1. The Morgan fingerprint density at radius 2 is 1.96 bits per heavy atom. The number of aryl methyl sites for hydroxylation is 1. The van der Waals surface area contributed by atoms with Crippen LogP contribution in [0.1, 0.15) is 17.8 Å². The zero-order valence-electron chi connectivity index (χ0n) is 13.7. The van der Waals surface area contributed by atoms with Gasteiger partial charge in [-0.05, 0) is 37.1 Å². The van der Waals surface area contributed by atoms with Crippen LogP contribution in [-0.4, -0.2) is 24.0 Å². The molecule has 0 saturated heterocycles. The molecule has 1 amide bonds. The predicted molar refractivity (Wildman–Crippen MR) is 97.5 cm³/mol. The number of para-hydroxylation sites is 2. The minimum atomic E-state index is -0.398. The first kappa shape index (κ1) is 17.4. The molecule has 0 unspecified atom stereocenters. The van der Waals surface area contributed by atoms with Gasteiger partial charge in [-0.3, -0.25) is 4.79 Å². The van der Waals surface area contributed by atoms with Crippen molar-refractivity contribution in [3.63, 3.8) is 0 Å². The predicted octanol–water partition coefficient (Wildman–Crippen LogP) is 3.95. The molecule has 1 heterocycles.